The first kappa shape index (κ1) is 19.7. The summed E-state index contributed by atoms with van der Waals surface area (Å²) in [5, 5.41) is 2.77. The zero-order valence-corrected chi connectivity index (χ0v) is 15.4. The number of aromatic nitrogens is 1. The fourth-order valence-electron chi connectivity index (χ4n) is 3.59. The Bertz CT molecular complexity index is 702. The largest absolute Gasteiger partial charge is 0.481 e. The van der Waals surface area contributed by atoms with Crippen LogP contribution in [-0.2, 0) is 11.3 Å². The van der Waals surface area contributed by atoms with Gasteiger partial charge >= 0.3 is 0 Å². The summed E-state index contributed by atoms with van der Waals surface area (Å²) < 4.78 is 51.4. The van der Waals surface area contributed by atoms with Gasteiger partial charge in [-0.1, -0.05) is 0 Å². The summed E-state index contributed by atoms with van der Waals surface area (Å²) >= 11 is 0. The number of nitrogens with one attached hydrogen (secondary N) is 1. The van der Waals surface area contributed by atoms with Gasteiger partial charge in [-0.05, 0) is 38.9 Å². The molecule has 0 spiro atoms. The molecular weight excluding hydrogens is 363 g/mol. The van der Waals surface area contributed by atoms with Gasteiger partial charge in [0.25, 0.3) is 11.8 Å². The van der Waals surface area contributed by atoms with Gasteiger partial charge < -0.3 is 14.8 Å². The van der Waals surface area contributed by atoms with Gasteiger partial charge in [-0.2, -0.15) is 4.98 Å². The second-order valence-corrected chi connectivity index (χ2v) is 7.14. The van der Waals surface area contributed by atoms with Gasteiger partial charge in [-0.25, -0.2) is 13.2 Å². The molecule has 150 valence electrons. The molecule has 3 rings (SSSR count). The van der Waals surface area contributed by atoms with Crippen molar-refractivity contribution in [3.8, 4) is 11.8 Å². The van der Waals surface area contributed by atoms with Crippen molar-refractivity contribution in [3.63, 3.8) is 0 Å². The molecule has 2 aliphatic rings. The summed E-state index contributed by atoms with van der Waals surface area (Å²) in [6.07, 6.45) is 0.364. The van der Waals surface area contributed by atoms with Gasteiger partial charge in [0.15, 0.2) is 5.82 Å². The molecule has 1 unspecified atom stereocenters. The highest BCUT2D eigenvalue weighted by Gasteiger charge is 2.41. The van der Waals surface area contributed by atoms with E-state index in [0.717, 1.165) is 25.5 Å². The van der Waals surface area contributed by atoms with Gasteiger partial charge in [0, 0.05) is 24.9 Å². The molecule has 0 aromatic carbocycles. The minimum Gasteiger partial charge on any atom is -0.481 e. The van der Waals surface area contributed by atoms with E-state index in [4.69, 9.17) is 9.47 Å². The van der Waals surface area contributed by atoms with Crippen LogP contribution >= 0.6 is 0 Å². The Morgan fingerprint density at radius 1 is 1.41 bits per heavy atom. The molecule has 1 aliphatic heterocycles. The van der Waals surface area contributed by atoms with E-state index in [-0.39, 0.29) is 43.1 Å². The molecule has 1 N–H and O–H groups in total. The third kappa shape index (κ3) is 4.63. The van der Waals surface area contributed by atoms with Crippen molar-refractivity contribution in [2.45, 2.75) is 56.7 Å². The van der Waals surface area contributed by atoms with E-state index in [9.17, 15) is 18.0 Å². The number of likely N-dealkylation sites (N-methyl/N-ethyl adjacent to an activating group) is 1. The van der Waals surface area contributed by atoms with Crippen LogP contribution < -0.4 is 14.8 Å². The van der Waals surface area contributed by atoms with Gasteiger partial charge in [0.2, 0.25) is 11.8 Å². The molecular formula is C18H24F3N3O3. The number of pyridine rings is 1. The third-order valence-corrected chi connectivity index (χ3v) is 5.09. The quantitative estimate of drug-likeness (QED) is 0.813. The first-order valence-electron chi connectivity index (χ1n) is 9.05. The second-order valence-electron chi connectivity index (χ2n) is 7.14. The Balaban J connectivity index is 1.66. The highest BCUT2D eigenvalue weighted by molar-refractivity contribution is 5.82. The number of hydrogen-bond acceptors (Lipinski definition) is 5. The second kappa shape index (κ2) is 7.92. The number of likely N-dealkylation sites (tertiary alicyclic amines) is 1. The predicted octanol–water partition coefficient (Wildman–Crippen LogP) is 2.51. The maximum atomic E-state index is 14.3. The van der Waals surface area contributed by atoms with Crippen molar-refractivity contribution in [1.29, 1.82) is 0 Å². The van der Waals surface area contributed by atoms with Crippen LogP contribution in [0.4, 0.5) is 13.2 Å². The zero-order chi connectivity index (χ0) is 19.6. The monoisotopic (exact) mass is 387 g/mol. The normalized spacial score (nSPS) is 24.8. The van der Waals surface area contributed by atoms with Crippen LogP contribution in [-0.4, -0.2) is 54.6 Å². The van der Waals surface area contributed by atoms with Crippen LogP contribution in [0.3, 0.4) is 0 Å². The first-order valence-corrected chi connectivity index (χ1v) is 9.05. The molecule has 1 aromatic heterocycles. The maximum Gasteiger partial charge on any atom is 0.254 e. The summed E-state index contributed by atoms with van der Waals surface area (Å²) in [5.74, 6) is -3.96. The molecule has 1 saturated heterocycles. The minimum absolute atomic E-state index is 0.0536. The summed E-state index contributed by atoms with van der Waals surface area (Å²) in [7, 11) is 3.25. The summed E-state index contributed by atoms with van der Waals surface area (Å²) in [5.41, 5.74) is 0.355. The number of alkyl halides is 2. The van der Waals surface area contributed by atoms with Crippen molar-refractivity contribution in [3.05, 3.63) is 17.4 Å². The third-order valence-electron chi connectivity index (χ3n) is 5.09. The molecule has 2 atom stereocenters. The topological polar surface area (TPSA) is 63.7 Å². The number of ether oxygens (including phenoxy) is 2. The molecule has 1 aliphatic carbocycles. The Morgan fingerprint density at radius 2 is 2.19 bits per heavy atom. The lowest BCUT2D eigenvalue weighted by molar-refractivity contribution is -0.125. The lowest BCUT2D eigenvalue weighted by Gasteiger charge is -2.19. The smallest absolute Gasteiger partial charge is 0.254 e. The lowest BCUT2D eigenvalue weighted by Crippen LogP contribution is -2.41. The van der Waals surface area contributed by atoms with Crippen molar-refractivity contribution in [2.24, 2.45) is 0 Å². The Kier molecular flexibility index (Phi) is 5.78. The van der Waals surface area contributed by atoms with Gasteiger partial charge in [-0.3, -0.25) is 9.69 Å². The number of methoxy groups -OCH3 is 1. The Morgan fingerprint density at radius 3 is 2.78 bits per heavy atom. The maximum absolute atomic E-state index is 14.3. The highest BCUT2D eigenvalue weighted by Crippen LogP contribution is 2.37. The molecule has 1 aromatic rings. The van der Waals surface area contributed by atoms with Gasteiger partial charge in [-0.15, -0.1) is 0 Å². The van der Waals surface area contributed by atoms with E-state index in [1.165, 1.54) is 7.11 Å². The average Bonchev–Trinajstić information content (AvgIpc) is 3.19. The molecule has 2 heterocycles. The fraction of sp³-hybridized carbons (Fsp3) is 0.667. The minimum atomic E-state index is -2.79. The standard InChI is InChI=1S/C18H24F3N3O3/c1-24-7-3-4-14(24)15(25)22-10-11-8-13(19)17(23-16(11)26-2)27-12-5-6-18(20,21)9-12/h8,12,14H,3-7,9-10H2,1-2H3,(H,22,25)/t12-,14?/m0/s1. The van der Waals surface area contributed by atoms with Crippen LogP contribution in [0.25, 0.3) is 0 Å². The molecule has 2 fully saturated rings. The molecule has 0 bridgehead atoms. The fourth-order valence-corrected chi connectivity index (χ4v) is 3.59. The number of amides is 1. The number of nitrogens with zero attached hydrogens (tertiary/aromatic N) is 2. The zero-order valence-electron chi connectivity index (χ0n) is 15.4. The molecule has 1 amide bonds. The van der Waals surface area contributed by atoms with Crippen molar-refractivity contribution in [2.75, 3.05) is 20.7 Å². The number of carbonyl (C=O) groups is 1. The van der Waals surface area contributed by atoms with Gasteiger partial charge in [0.1, 0.15) is 6.10 Å². The Hall–Kier alpha value is -2.03. The molecule has 9 heteroatoms. The summed E-state index contributed by atoms with van der Waals surface area (Å²) in [6, 6.07) is 0.966. The summed E-state index contributed by atoms with van der Waals surface area (Å²) in [6.45, 7) is 0.919. The van der Waals surface area contributed by atoms with Crippen LogP contribution in [0, 0.1) is 5.82 Å². The predicted molar refractivity (Wildman–Crippen MR) is 91.5 cm³/mol. The average molecular weight is 387 g/mol. The van der Waals surface area contributed by atoms with Crippen LogP contribution in [0.1, 0.15) is 37.7 Å². The van der Waals surface area contributed by atoms with E-state index in [0.29, 0.717) is 5.56 Å². The van der Waals surface area contributed by atoms with E-state index in [1.54, 1.807) is 0 Å². The number of halogens is 3. The molecule has 0 radical (unpaired) electrons. The van der Waals surface area contributed by atoms with Crippen LogP contribution in [0.5, 0.6) is 11.8 Å². The number of carbonyl (C=O) groups excluding carboxylic acids is 1. The van der Waals surface area contributed by atoms with Crippen LogP contribution in [0.15, 0.2) is 6.07 Å². The molecule has 27 heavy (non-hydrogen) atoms. The number of rotatable bonds is 6. The summed E-state index contributed by atoms with van der Waals surface area (Å²) in [4.78, 5) is 18.2. The SMILES string of the molecule is COc1nc(O[C@H]2CCC(F)(F)C2)c(F)cc1CNC(=O)C1CCCN1C. The van der Waals surface area contributed by atoms with E-state index >= 15 is 0 Å². The van der Waals surface area contributed by atoms with Crippen LogP contribution in [0.2, 0.25) is 0 Å². The van der Waals surface area contributed by atoms with E-state index < -0.39 is 24.3 Å². The molecule has 6 nitrogen and oxygen atoms in total. The van der Waals surface area contributed by atoms with E-state index in [2.05, 4.69) is 10.3 Å². The van der Waals surface area contributed by atoms with Crippen molar-refractivity contribution < 1.29 is 27.4 Å². The van der Waals surface area contributed by atoms with Crippen molar-refractivity contribution in [1.82, 2.24) is 15.2 Å². The van der Waals surface area contributed by atoms with Gasteiger partial charge in [0.05, 0.1) is 13.2 Å². The first-order chi connectivity index (χ1) is 12.8. The Labute approximate surface area is 156 Å². The number of hydrogen-bond donors (Lipinski definition) is 1. The lowest BCUT2D eigenvalue weighted by atomic mass is 10.2. The van der Waals surface area contributed by atoms with E-state index in [1.807, 2.05) is 11.9 Å². The highest BCUT2D eigenvalue weighted by atomic mass is 19.3. The van der Waals surface area contributed by atoms with Crippen molar-refractivity contribution >= 4 is 5.91 Å². The molecule has 1 saturated carbocycles.